The summed E-state index contributed by atoms with van der Waals surface area (Å²) in [5, 5.41) is 13.9. The molecule has 0 unspecified atom stereocenters. The molecule has 0 aliphatic heterocycles. The maximum absolute atomic E-state index is 13.0. The normalized spacial score (nSPS) is 11.0. The second kappa shape index (κ2) is 6.56. The van der Waals surface area contributed by atoms with Crippen LogP contribution < -0.4 is 10.6 Å². The second-order valence-electron chi connectivity index (χ2n) is 4.98. The number of hydrogen-bond acceptors (Lipinski definition) is 2. The van der Waals surface area contributed by atoms with Gasteiger partial charge in [-0.1, -0.05) is 11.6 Å². The van der Waals surface area contributed by atoms with Crippen molar-refractivity contribution in [2.45, 2.75) is 32.2 Å². The van der Waals surface area contributed by atoms with Crippen LogP contribution in [0.5, 0.6) is 0 Å². The number of carboxylic acids is 1. The van der Waals surface area contributed by atoms with Crippen molar-refractivity contribution in [2.24, 2.45) is 0 Å². The van der Waals surface area contributed by atoms with Crippen LogP contribution in [0.1, 0.15) is 26.7 Å². The summed E-state index contributed by atoms with van der Waals surface area (Å²) in [4.78, 5) is 22.3. The van der Waals surface area contributed by atoms with Crippen molar-refractivity contribution in [3.63, 3.8) is 0 Å². The number of carbonyl (C=O) groups is 2. The summed E-state index contributed by atoms with van der Waals surface area (Å²) in [5.41, 5.74) is -0.555. The highest BCUT2D eigenvalue weighted by Gasteiger charge is 2.21. The van der Waals surface area contributed by atoms with E-state index in [1.165, 1.54) is 12.1 Å². The molecule has 3 N–H and O–H groups in total. The molecule has 0 spiro atoms. The number of urea groups is 1. The minimum atomic E-state index is -0.937. The molecule has 1 aromatic carbocycles. The maximum atomic E-state index is 13.0. The molecule has 1 aromatic rings. The molecule has 0 bridgehead atoms. The Morgan fingerprint density at radius 3 is 2.65 bits per heavy atom. The highest BCUT2D eigenvalue weighted by Crippen LogP contribution is 2.22. The molecule has 7 heteroatoms. The van der Waals surface area contributed by atoms with Gasteiger partial charge in [0.2, 0.25) is 0 Å². The molecule has 0 radical (unpaired) electrons. The topological polar surface area (TPSA) is 78.4 Å². The van der Waals surface area contributed by atoms with Gasteiger partial charge in [0.15, 0.2) is 0 Å². The summed E-state index contributed by atoms with van der Waals surface area (Å²) in [7, 11) is 0. The maximum Gasteiger partial charge on any atom is 0.319 e. The molecule has 0 atom stereocenters. The molecule has 0 saturated carbocycles. The van der Waals surface area contributed by atoms with Gasteiger partial charge in [0.1, 0.15) is 5.82 Å². The number of nitrogens with one attached hydrogen (secondary N) is 2. The minimum Gasteiger partial charge on any atom is -0.481 e. The van der Waals surface area contributed by atoms with Crippen LogP contribution in [-0.2, 0) is 4.79 Å². The first kappa shape index (κ1) is 16.2. The number of anilines is 1. The van der Waals surface area contributed by atoms with Crippen LogP contribution in [0.4, 0.5) is 14.9 Å². The molecule has 0 aliphatic rings. The van der Waals surface area contributed by atoms with Crippen molar-refractivity contribution in [3.05, 3.63) is 29.0 Å². The lowest BCUT2D eigenvalue weighted by Gasteiger charge is -2.25. The predicted octanol–water partition coefficient (Wildman–Crippen LogP) is 3.24. The average Bonchev–Trinajstić information content (AvgIpc) is 2.31. The van der Waals surface area contributed by atoms with E-state index in [9.17, 15) is 14.0 Å². The Morgan fingerprint density at radius 1 is 1.40 bits per heavy atom. The first-order valence-electron chi connectivity index (χ1n) is 5.95. The predicted molar refractivity (Wildman–Crippen MR) is 74.5 cm³/mol. The molecule has 20 heavy (non-hydrogen) atoms. The average molecular weight is 303 g/mol. The standard InChI is InChI=1S/C13H16ClFN2O3/c1-13(2,6-5-11(18)19)17-12(20)16-10-7-8(15)3-4-9(10)14/h3-4,7H,5-6H2,1-2H3,(H,18,19)(H2,16,17,20). The molecule has 0 saturated heterocycles. The van der Waals surface area contributed by atoms with E-state index in [4.69, 9.17) is 16.7 Å². The Balaban J connectivity index is 2.63. The number of amides is 2. The van der Waals surface area contributed by atoms with Crippen molar-refractivity contribution in [2.75, 3.05) is 5.32 Å². The van der Waals surface area contributed by atoms with Gasteiger partial charge in [0, 0.05) is 12.0 Å². The first-order chi connectivity index (χ1) is 9.19. The third-order valence-electron chi connectivity index (χ3n) is 2.59. The van der Waals surface area contributed by atoms with Crippen molar-refractivity contribution >= 4 is 29.3 Å². The van der Waals surface area contributed by atoms with Crippen LogP contribution >= 0.6 is 11.6 Å². The monoisotopic (exact) mass is 302 g/mol. The molecule has 0 fully saturated rings. The highest BCUT2D eigenvalue weighted by atomic mass is 35.5. The fourth-order valence-electron chi connectivity index (χ4n) is 1.54. The van der Waals surface area contributed by atoms with Gasteiger partial charge >= 0.3 is 12.0 Å². The molecule has 2 amide bonds. The smallest absolute Gasteiger partial charge is 0.319 e. The van der Waals surface area contributed by atoms with E-state index in [2.05, 4.69) is 10.6 Å². The SMILES string of the molecule is CC(C)(CCC(=O)O)NC(=O)Nc1cc(F)ccc1Cl. The lowest BCUT2D eigenvalue weighted by Crippen LogP contribution is -2.45. The zero-order valence-electron chi connectivity index (χ0n) is 11.2. The Bertz CT molecular complexity index is 520. The fraction of sp³-hybridized carbons (Fsp3) is 0.385. The Hall–Kier alpha value is -1.82. The molecule has 0 heterocycles. The molecule has 0 aliphatic carbocycles. The van der Waals surface area contributed by atoms with Gasteiger partial charge in [-0.3, -0.25) is 4.79 Å². The summed E-state index contributed by atoms with van der Waals surface area (Å²) in [6.07, 6.45) is 0.209. The summed E-state index contributed by atoms with van der Waals surface area (Å²) in [5.74, 6) is -1.46. The lowest BCUT2D eigenvalue weighted by atomic mass is 9.99. The van der Waals surface area contributed by atoms with Crippen molar-refractivity contribution in [3.8, 4) is 0 Å². The summed E-state index contributed by atoms with van der Waals surface area (Å²) < 4.78 is 13.0. The van der Waals surface area contributed by atoms with E-state index in [1.807, 2.05) is 0 Å². The zero-order valence-corrected chi connectivity index (χ0v) is 11.9. The van der Waals surface area contributed by atoms with Gasteiger partial charge in [-0.15, -0.1) is 0 Å². The quantitative estimate of drug-likeness (QED) is 0.781. The van der Waals surface area contributed by atoms with E-state index < -0.39 is 23.4 Å². The fourth-order valence-corrected chi connectivity index (χ4v) is 1.70. The van der Waals surface area contributed by atoms with Crippen LogP contribution in [0.25, 0.3) is 0 Å². The lowest BCUT2D eigenvalue weighted by molar-refractivity contribution is -0.137. The van der Waals surface area contributed by atoms with E-state index in [0.717, 1.165) is 6.07 Å². The van der Waals surface area contributed by atoms with Gasteiger partial charge in [0.05, 0.1) is 10.7 Å². The highest BCUT2D eigenvalue weighted by molar-refractivity contribution is 6.33. The van der Waals surface area contributed by atoms with E-state index in [1.54, 1.807) is 13.8 Å². The molecule has 110 valence electrons. The van der Waals surface area contributed by atoms with Gasteiger partial charge in [0.25, 0.3) is 0 Å². The second-order valence-corrected chi connectivity index (χ2v) is 5.39. The Labute approximate surface area is 121 Å². The van der Waals surface area contributed by atoms with Gasteiger partial charge in [-0.2, -0.15) is 0 Å². The van der Waals surface area contributed by atoms with Crippen LogP contribution in [-0.4, -0.2) is 22.6 Å². The van der Waals surface area contributed by atoms with E-state index >= 15 is 0 Å². The Morgan fingerprint density at radius 2 is 2.05 bits per heavy atom. The number of carboxylic acid groups (broad SMARTS) is 1. The largest absolute Gasteiger partial charge is 0.481 e. The third-order valence-corrected chi connectivity index (χ3v) is 2.92. The number of rotatable bonds is 5. The van der Waals surface area contributed by atoms with Gasteiger partial charge < -0.3 is 15.7 Å². The number of aliphatic carboxylic acids is 1. The van der Waals surface area contributed by atoms with Crippen LogP contribution in [0, 0.1) is 5.82 Å². The summed E-state index contributed by atoms with van der Waals surface area (Å²) in [6.45, 7) is 3.39. The number of halogens is 2. The van der Waals surface area contributed by atoms with E-state index in [0.29, 0.717) is 0 Å². The number of benzene rings is 1. The molecule has 0 aromatic heterocycles. The van der Waals surface area contributed by atoms with E-state index in [-0.39, 0.29) is 23.6 Å². The van der Waals surface area contributed by atoms with Crippen molar-refractivity contribution < 1.29 is 19.1 Å². The zero-order chi connectivity index (χ0) is 15.3. The van der Waals surface area contributed by atoms with Crippen LogP contribution in [0.15, 0.2) is 18.2 Å². The molecule has 5 nitrogen and oxygen atoms in total. The minimum absolute atomic E-state index is 0.0615. The summed E-state index contributed by atoms with van der Waals surface area (Å²) in [6, 6.07) is 3.05. The van der Waals surface area contributed by atoms with Gasteiger partial charge in [-0.25, -0.2) is 9.18 Å². The molecule has 1 rings (SSSR count). The molecular formula is C13H16ClFN2O3. The molecular weight excluding hydrogens is 287 g/mol. The summed E-state index contributed by atoms with van der Waals surface area (Å²) >= 11 is 5.83. The van der Waals surface area contributed by atoms with Crippen molar-refractivity contribution in [1.82, 2.24) is 5.32 Å². The Kier molecular flexibility index (Phi) is 5.33. The van der Waals surface area contributed by atoms with Gasteiger partial charge in [-0.05, 0) is 38.5 Å². The van der Waals surface area contributed by atoms with Crippen molar-refractivity contribution in [1.29, 1.82) is 0 Å². The number of hydrogen-bond donors (Lipinski definition) is 3. The third kappa shape index (κ3) is 5.44. The van der Waals surface area contributed by atoms with Crippen LogP contribution in [0.2, 0.25) is 5.02 Å². The first-order valence-corrected chi connectivity index (χ1v) is 6.33. The number of carbonyl (C=O) groups excluding carboxylic acids is 1. The van der Waals surface area contributed by atoms with Crippen LogP contribution in [0.3, 0.4) is 0 Å².